The third kappa shape index (κ3) is 5.86. The topological polar surface area (TPSA) is 79.8 Å². The van der Waals surface area contributed by atoms with E-state index in [1.807, 2.05) is 19.1 Å². The van der Waals surface area contributed by atoms with E-state index in [0.717, 1.165) is 5.56 Å². The van der Waals surface area contributed by atoms with Gasteiger partial charge in [-0.05, 0) is 79.4 Å². The number of pyridine rings is 1. The predicted octanol–water partition coefficient (Wildman–Crippen LogP) is 5.43. The summed E-state index contributed by atoms with van der Waals surface area (Å²) in [5, 5.41) is 0.413. The largest absolute Gasteiger partial charge is 0.448 e. The highest BCUT2D eigenvalue weighted by Crippen LogP contribution is 2.41. The third-order valence-electron chi connectivity index (χ3n) is 6.22. The number of amides is 1. The van der Waals surface area contributed by atoms with Gasteiger partial charge in [0, 0.05) is 30.5 Å². The highest BCUT2D eigenvalue weighted by molar-refractivity contribution is 7.89. The van der Waals surface area contributed by atoms with Crippen molar-refractivity contribution in [2.75, 3.05) is 13.2 Å². The number of hydrogen-bond donors (Lipinski definition) is 0. The molecule has 1 aromatic heterocycles. The highest BCUT2D eigenvalue weighted by atomic mass is 35.5. The second-order valence-electron chi connectivity index (χ2n) is 8.54. The molecule has 0 N–H and O–H groups in total. The Balaban J connectivity index is 1.56. The molecular formula is C26H27ClFN3O4S. The minimum absolute atomic E-state index is 0.0689. The Kier molecular flexibility index (Phi) is 8.23. The van der Waals surface area contributed by atoms with Crippen LogP contribution in [0.5, 0.6) is 0 Å². The van der Waals surface area contributed by atoms with Gasteiger partial charge in [-0.2, -0.15) is 4.31 Å². The summed E-state index contributed by atoms with van der Waals surface area (Å²) in [6.07, 6.45) is 3.69. The number of halogens is 2. The molecule has 0 spiro atoms. The van der Waals surface area contributed by atoms with Gasteiger partial charge in [0.25, 0.3) is 0 Å². The van der Waals surface area contributed by atoms with Gasteiger partial charge in [-0.1, -0.05) is 23.7 Å². The number of sulfonamides is 1. The van der Waals surface area contributed by atoms with Crippen molar-refractivity contribution in [3.05, 3.63) is 95.0 Å². The van der Waals surface area contributed by atoms with Crippen LogP contribution in [0.3, 0.4) is 0 Å². The first-order valence-corrected chi connectivity index (χ1v) is 13.5. The molecule has 10 heteroatoms. The van der Waals surface area contributed by atoms with Gasteiger partial charge in [0.1, 0.15) is 12.4 Å². The number of hydrogen-bond acceptors (Lipinski definition) is 5. The molecule has 3 aromatic rings. The summed E-state index contributed by atoms with van der Waals surface area (Å²) < 4.78 is 48.4. The summed E-state index contributed by atoms with van der Waals surface area (Å²) in [5.41, 5.74) is 1.46. The molecule has 1 saturated heterocycles. The zero-order valence-electron chi connectivity index (χ0n) is 19.8. The van der Waals surface area contributed by atoms with Crippen molar-refractivity contribution in [3.8, 4) is 0 Å². The summed E-state index contributed by atoms with van der Waals surface area (Å²) in [6, 6.07) is 14.3. The van der Waals surface area contributed by atoms with E-state index in [0.29, 0.717) is 36.5 Å². The van der Waals surface area contributed by atoms with Crippen molar-refractivity contribution in [2.24, 2.45) is 0 Å². The van der Waals surface area contributed by atoms with Crippen molar-refractivity contribution in [2.45, 2.75) is 43.3 Å². The zero-order chi connectivity index (χ0) is 25.7. The average Bonchev–Trinajstić information content (AvgIpc) is 3.32. The van der Waals surface area contributed by atoms with Crippen LogP contribution in [-0.2, 0) is 21.3 Å². The van der Waals surface area contributed by atoms with Crippen LogP contribution in [0.1, 0.15) is 36.9 Å². The zero-order valence-corrected chi connectivity index (χ0v) is 21.3. The first-order chi connectivity index (χ1) is 17.3. The van der Waals surface area contributed by atoms with Crippen molar-refractivity contribution in [1.29, 1.82) is 0 Å². The molecule has 0 unspecified atom stereocenters. The molecule has 1 amide bonds. The number of rotatable bonds is 8. The Hall–Kier alpha value is -3.01. The molecule has 4 rings (SSSR count). The fourth-order valence-corrected chi connectivity index (χ4v) is 6.38. The molecule has 1 fully saturated rings. The summed E-state index contributed by atoms with van der Waals surface area (Å²) in [6.45, 7) is 2.49. The Bertz CT molecular complexity index is 1290. The molecule has 190 valence electrons. The molecule has 1 aliphatic rings. The molecule has 1 aliphatic heterocycles. The smallest absolute Gasteiger partial charge is 0.410 e. The second kappa shape index (κ2) is 11.4. The third-order valence-corrected chi connectivity index (χ3v) is 8.45. The van der Waals surface area contributed by atoms with Crippen LogP contribution in [0.25, 0.3) is 0 Å². The Morgan fingerprint density at radius 3 is 2.53 bits per heavy atom. The normalized spacial score (nSPS) is 18.2. The van der Waals surface area contributed by atoms with Crippen LogP contribution in [-0.4, -0.2) is 47.9 Å². The number of nitrogens with zero attached hydrogens (tertiary/aromatic N) is 3. The number of ether oxygens (including phenoxy) is 1. The molecule has 0 bridgehead atoms. The van der Waals surface area contributed by atoms with Crippen molar-refractivity contribution in [1.82, 2.24) is 14.2 Å². The summed E-state index contributed by atoms with van der Waals surface area (Å²) in [4.78, 5) is 18.4. The molecule has 2 atom stereocenters. The van der Waals surface area contributed by atoms with Gasteiger partial charge in [-0.25, -0.2) is 17.6 Å². The molecule has 0 aliphatic carbocycles. The lowest BCUT2D eigenvalue weighted by Gasteiger charge is -2.30. The van der Waals surface area contributed by atoms with Gasteiger partial charge in [-0.15, -0.1) is 0 Å². The number of benzene rings is 2. The monoisotopic (exact) mass is 531 g/mol. The van der Waals surface area contributed by atoms with Gasteiger partial charge in [0.15, 0.2) is 0 Å². The summed E-state index contributed by atoms with van der Waals surface area (Å²) >= 11 is 5.96. The van der Waals surface area contributed by atoms with E-state index in [2.05, 4.69) is 4.98 Å². The highest BCUT2D eigenvalue weighted by Gasteiger charge is 2.43. The van der Waals surface area contributed by atoms with Gasteiger partial charge < -0.3 is 9.64 Å². The molecule has 36 heavy (non-hydrogen) atoms. The maximum Gasteiger partial charge on any atom is 0.410 e. The van der Waals surface area contributed by atoms with E-state index in [4.69, 9.17) is 16.3 Å². The fourth-order valence-electron chi connectivity index (χ4n) is 4.41. The molecular weight excluding hydrogens is 505 g/mol. The molecule has 2 heterocycles. The minimum Gasteiger partial charge on any atom is -0.448 e. The number of aromatic nitrogens is 1. The Morgan fingerprint density at radius 1 is 1.14 bits per heavy atom. The Morgan fingerprint density at radius 2 is 1.86 bits per heavy atom. The maximum absolute atomic E-state index is 14.0. The quantitative estimate of drug-likeness (QED) is 0.387. The van der Waals surface area contributed by atoms with Crippen molar-refractivity contribution >= 4 is 27.7 Å². The van der Waals surface area contributed by atoms with Crippen LogP contribution in [0.15, 0.2) is 78.0 Å². The van der Waals surface area contributed by atoms with Gasteiger partial charge in [0.05, 0.1) is 17.0 Å². The van der Waals surface area contributed by atoms with Crippen LogP contribution >= 0.6 is 11.6 Å². The van der Waals surface area contributed by atoms with Crippen molar-refractivity contribution < 1.29 is 22.3 Å². The molecule has 0 radical (unpaired) electrons. The van der Waals surface area contributed by atoms with E-state index >= 15 is 0 Å². The molecule has 0 saturated carbocycles. The lowest BCUT2D eigenvalue weighted by Crippen LogP contribution is -2.41. The van der Waals surface area contributed by atoms with Gasteiger partial charge in [0.2, 0.25) is 10.0 Å². The van der Waals surface area contributed by atoms with Crippen molar-refractivity contribution in [3.63, 3.8) is 0 Å². The Labute approximate surface area is 215 Å². The summed E-state index contributed by atoms with van der Waals surface area (Å²) in [5.74, 6) is -0.444. The van der Waals surface area contributed by atoms with E-state index in [1.165, 1.54) is 45.6 Å². The number of carbonyl (C=O) groups is 1. The van der Waals surface area contributed by atoms with Crippen LogP contribution in [0.2, 0.25) is 5.02 Å². The van der Waals surface area contributed by atoms with E-state index < -0.39 is 34.0 Å². The minimum atomic E-state index is -4.00. The molecule has 2 aromatic carbocycles. The SMILES string of the molecule is CCN(Cc1ccncc1)C(=O)OC[C@H]1CC[C@@H](c2cccc(F)c2)N1S(=O)(=O)c1ccc(Cl)cc1. The van der Waals surface area contributed by atoms with Crippen LogP contribution in [0, 0.1) is 5.82 Å². The predicted molar refractivity (Wildman–Crippen MR) is 134 cm³/mol. The lowest BCUT2D eigenvalue weighted by molar-refractivity contribution is 0.0843. The van der Waals surface area contributed by atoms with Crippen LogP contribution in [0.4, 0.5) is 9.18 Å². The van der Waals surface area contributed by atoms with Gasteiger partial charge >= 0.3 is 6.09 Å². The first-order valence-electron chi connectivity index (χ1n) is 11.6. The van der Waals surface area contributed by atoms with Crippen LogP contribution < -0.4 is 0 Å². The first kappa shape index (κ1) is 26.1. The second-order valence-corrected chi connectivity index (χ2v) is 10.8. The average molecular weight is 532 g/mol. The maximum atomic E-state index is 14.0. The fraction of sp³-hybridized carbons (Fsp3) is 0.308. The lowest BCUT2D eigenvalue weighted by atomic mass is 10.1. The van der Waals surface area contributed by atoms with E-state index in [-0.39, 0.29) is 11.5 Å². The summed E-state index contributed by atoms with van der Waals surface area (Å²) in [7, 11) is -4.00. The van der Waals surface area contributed by atoms with E-state index in [1.54, 1.807) is 24.5 Å². The van der Waals surface area contributed by atoms with E-state index in [9.17, 15) is 17.6 Å². The van der Waals surface area contributed by atoms with Gasteiger partial charge in [-0.3, -0.25) is 4.98 Å². The molecule has 7 nitrogen and oxygen atoms in total. The number of carbonyl (C=O) groups excluding carboxylic acids is 1. The standard InChI is InChI=1S/C26H27ClFN3O4S/c1-2-30(17-19-12-14-29-15-13-19)26(32)35-18-23-8-11-25(20-4-3-5-22(28)16-20)31(23)36(33,34)24-9-6-21(27)7-10-24/h3-7,9-10,12-16,23,25H,2,8,11,17-18H2,1H3/t23-,25+/m1/s1.